The fourth-order valence-corrected chi connectivity index (χ4v) is 2.30. The van der Waals surface area contributed by atoms with Gasteiger partial charge in [-0.15, -0.1) is 65.8 Å². The number of amides is 1. The van der Waals surface area contributed by atoms with E-state index in [1.807, 2.05) is 40.1 Å². The molecule has 0 radical (unpaired) electrons. The van der Waals surface area contributed by atoms with E-state index in [9.17, 15) is 75.1 Å². The van der Waals surface area contributed by atoms with Crippen LogP contribution in [0, 0.1) is 0 Å². The predicted molar refractivity (Wildman–Crippen MR) is 358 cm³/mol. The molecule has 0 aromatic carbocycles. The molecule has 0 spiro atoms. The zero-order valence-corrected chi connectivity index (χ0v) is 61.5. The number of nitrogens with one attached hydrogen (secondary N) is 1. The molecule has 1 amide bonds. The first kappa shape index (κ1) is 138. The van der Waals surface area contributed by atoms with Crippen molar-refractivity contribution in [3.63, 3.8) is 0 Å². The fourth-order valence-electron chi connectivity index (χ4n) is 0.329. The van der Waals surface area contributed by atoms with Crippen molar-refractivity contribution < 1.29 is 99.1 Å². The first-order chi connectivity index (χ1) is 36.8. The van der Waals surface area contributed by atoms with Gasteiger partial charge in [-0.05, 0) is 62.9 Å². The number of carbonyl (C=O) groups is 6. The molecule has 520 valence electrons. The summed E-state index contributed by atoms with van der Waals surface area (Å²) in [6.07, 6.45) is 9.66. The third-order valence-electron chi connectivity index (χ3n) is 3.80. The largest absolute Gasteiger partial charge is 0.516 e. The summed E-state index contributed by atoms with van der Waals surface area (Å²) in [4.78, 5) is 61.4. The van der Waals surface area contributed by atoms with Gasteiger partial charge in [0.25, 0.3) is 0 Å². The minimum atomic E-state index is -3.62. The number of ketones is 2. The van der Waals surface area contributed by atoms with Gasteiger partial charge in [0.15, 0.2) is 0 Å². The van der Waals surface area contributed by atoms with Crippen molar-refractivity contribution in [3.05, 3.63) is 78.6 Å². The zero-order valence-electron chi connectivity index (χ0n) is 56.6. The third-order valence-corrected chi connectivity index (χ3v) is 9.94. The highest BCUT2D eigenvalue weighted by molar-refractivity contribution is 8.03. The minimum absolute atomic E-state index is 0. The number of Topliss-reactive ketones (excluding diaryl/α,β-unsaturated/α-hetero) is 2. The first-order valence-corrected chi connectivity index (χ1v) is 33.5. The summed E-state index contributed by atoms with van der Waals surface area (Å²) in [5, 5.41) is 10.1. The molecule has 0 unspecified atom stereocenters. The Balaban J connectivity index is -0.0000000291. The molecule has 0 aliphatic carbocycles. The Morgan fingerprint density at radius 1 is 0.452 bits per heavy atom. The molecule has 0 heterocycles. The molecule has 0 aliphatic rings. The summed E-state index contributed by atoms with van der Waals surface area (Å²) in [6.45, 7) is 43.3. The highest BCUT2D eigenvalue weighted by Crippen LogP contribution is 1.98. The van der Waals surface area contributed by atoms with E-state index in [1.165, 1.54) is 110 Å². The van der Waals surface area contributed by atoms with E-state index < -0.39 is 66.9 Å². The van der Waals surface area contributed by atoms with E-state index in [-0.39, 0.29) is 36.8 Å². The van der Waals surface area contributed by atoms with Crippen molar-refractivity contribution >= 4 is 96.3 Å². The molecule has 0 bridgehead atoms. The van der Waals surface area contributed by atoms with E-state index in [0.29, 0.717) is 3.71 Å². The Morgan fingerprint density at radius 3 is 0.536 bits per heavy atom. The number of aliphatic hydroxyl groups is 1. The van der Waals surface area contributed by atoms with E-state index in [4.69, 9.17) is 5.11 Å². The highest BCUT2D eigenvalue weighted by Gasteiger charge is 2.20. The summed E-state index contributed by atoms with van der Waals surface area (Å²) in [5.41, 5.74) is 0. The van der Waals surface area contributed by atoms with Crippen molar-refractivity contribution in [3.8, 4) is 0 Å². The van der Waals surface area contributed by atoms with Gasteiger partial charge in [0.2, 0.25) is 46.0 Å². The van der Waals surface area contributed by atoms with Crippen molar-refractivity contribution in [2.24, 2.45) is 0 Å². The second kappa shape index (κ2) is 103. The Morgan fingerprint density at radius 2 is 0.536 bits per heavy atom. The molecular weight excluding hydrogens is 1230 g/mol. The normalized spacial score (nSPS) is 8.38. The molecule has 34 heteroatoms. The molecule has 28 nitrogen and oxygen atoms in total. The number of nitrogens with zero attached hydrogens (tertiary/aromatic N) is 5. The van der Waals surface area contributed by atoms with Crippen molar-refractivity contribution in [2.75, 3.05) is 163 Å². The van der Waals surface area contributed by atoms with E-state index in [0.717, 1.165) is 59.5 Å². The molecule has 0 atom stereocenters. The van der Waals surface area contributed by atoms with Gasteiger partial charge < -0.3 is 48.8 Å². The quantitative estimate of drug-likeness (QED) is 0.163. The Kier molecular flexibility index (Phi) is 169. The topological polar surface area (TPSA) is 376 Å². The number of aliphatic hydroxyl groups excluding tert-OH is 1. The molecular formula is C50H122N6O22S6. The van der Waals surface area contributed by atoms with Crippen LogP contribution in [0.3, 0.4) is 0 Å². The number of hydrogen-bond donors (Lipinski definition) is 2. The summed E-state index contributed by atoms with van der Waals surface area (Å²) < 4.78 is 131. The standard InChI is InChI=1S/C4H9NO.C3H9NO4S2.2C3H9NO2S.C3H9N.C3H6O3.2C3H6O2.2C3H6O.C2H7N.C2H6O2S.C2H6OS.C2H4O.5C2H4.CH4/c1-4(6)5(2)3;1-4(9(2,5)6)10(3,7)8;2*1-4(2)7(3,5)6;1-4(2)3;1-5-3(4)6-2;2*1-3(4)5-2;2*1-3(2)4;1-3-2;1-5(2,3)4;1-4(2)3;1-2-3;5*1-2;/h1-3H3;1-3H3;2*1-3H3;1-3H3;1-2H3;2*1-2H3;2*1-2H3;3H,1-2H3;1-2H3;1-2H3;2-3H,1H2;5*1-2H2;1H4. The van der Waals surface area contributed by atoms with Gasteiger partial charge in [0, 0.05) is 106 Å². The van der Waals surface area contributed by atoms with Crippen molar-refractivity contribution in [1.29, 1.82) is 0 Å². The fraction of sp³-hybridized carbons (Fsp3) is 0.640. The van der Waals surface area contributed by atoms with Crippen LogP contribution >= 0.6 is 0 Å². The average Bonchev–Trinajstić information content (AvgIpc) is 3.31. The van der Waals surface area contributed by atoms with Gasteiger partial charge in [0.1, 0.15) is 21.4 Å². The van der Waals surface area contributed by atoms with Crippen LogP contribution in [-0.4, -0.2) is 272 Å². The van der Waals surface area contributed by atoms with Crippen LogP contribution < -0.4 is 5.32 Å². The first-order valence-electron chi connectivity index (χ1n) is 21.9. The lowest BCUT2D eigenvalue weighted by atomic mass is 10.6. The maximum absolute atomic E-state index is 10.5. The van der Waals surface area contributed by atoms with E-state index in [2.05, 4.69) is 96.6 Å². The van der Waals surface area contributed by atoms with E-state index >= 15 is 0 Å². The lowest BCUT2D eigenvalue weighted by molar-refractivity contribution is -0.138. The van der Waals surface area contributed by atoms with Gasteiger partial charge in [-0.1, -0.05) is 17.7 Å². The van der Waals surface area contributed by atoms with Crippen LogP contribution in [0.5, 0.6) is 0 Å². The average molecular weight is 1350 g/mol. The van der Waals surface area contributed by atoms with Crippen LogP contribution in [-0.2, 0) is 104 Å². The van der Waals surface area contributed by atoms with Gasteiger partial charge >= 0.3 is 18.1 Å². The number of methoxy groups -OCH3 is 4. The third kappa shape index (κ3) is 463. The number of rotatable bonds is 4. The summed E-state index contributed by atoms with van der Waals surface area (Å²) in [6, 6.07) is 0. The van der Waals surface area contributed by atoms with Crippen LogP contribution in [0.1, 0.15) is 55.9 Å². The maximum Gasteiger partial charge on any atom is 0.507 e. The van der Waals surface area contributed by atoms with Crippen LogP contribution in [0.15, 0.2) is 78.6 Å². The van der Waals surface area contributed by atoms with Gasteiger partial charge in [-0.3, -0.25) is 18.6 Å². The zero-order chi connectivity index (χ0) is 73.7. The molecule has 84 heavy (non-hydrogen) atoms. The Bertz CT molecular complexity index is 1890. The second-order valence-electron chi connectivity index (χ2n) is 14.2. The van der Waals surface area contributed by atoms with Gasteiger partial charge in [0.05, 0.1) is 59.7 Å². The number of sulfone groups is 1. The monoisotopic (exact) mass is 1350 g/mol. The van der Waals surface area contributed by atoms with Gasteiger partial charge in [-0.25, -0.2) is 55.5 Å². The van der Waals surface area contributed by atoms with Crippen molar-refractivity contribution in [2.45, 2.75) is 55.9 Å². The molecule has 2 N–H and O–H groups in total. The van der Waals surface area contributed by atoms with Crippen molar-refractivity contribution in [1.82, 2.24) is 27.4 Å². The maximum atomic E-state index is 10.5. The SMILES string of the molecule is C.C=C.C=C.C=C.C=C.C=C.C=CO.CC(=O)N(C)C.CC(C)=O.CC(C)=O.CN(C)C.CN(C)S(C)(=O)=O.CN(C)S(C)(=O)=O.CN(S(C)(=O)=O)S(C)(=O)=O.CNC.COC(=O)OC.COC(C)=O.COC(C)=O.CS(C)(=O)=O.CS(C)=O. The molecule has 0 fully saturated rings. The lowest BCUT2D eigenvalue weighted by Gasteiger charge is -2.09. The number of ether oxygens (including phenoxy) is 4. The molecule has 0 aliphatic heterocycles. The Labute approximate surface area is 517 Å². The molecule has 0 saturated heterocycles. The molecule has 0 saturated carbocycles. The molecule has 0 aromatic rings. The highest BCUT2D eigenvalue weighted by atomic mass is 32.3. The molecule has 0 rings (SSSR count). The summed E-state index contributed by atoms with van der Waals surface area (Å²) in [5.74, 6) is -0.0648. The van der Waals surface area contributed by atoms with Crippen LogP contribution in [0.25, 0.3) is 0 Å². The second-order valence-corrected chi connectivity index (χ2v) is 26.6. The van der Waals surface area contributed by atoms with Crippen LogP contribution in [0.4, 0.5) is 4.79 Å². The number of sulfonamides is 4. The summed E-state index contributed by atoms with van der Waals surface area (Å²) >= 11 is 0. The Hall–Kier alpha value is -5.04. The predicted octanol–water partition coefficient (Wildman–Crippen LogP) is 4.90. The van der Waals surface area contributed by atoms with Gasteiger partial charge in [-0.2, -0.15) is 0 Å². The van der Waals surface area contributed by atoms with E-state index in [1.54, 1.807) is 26.6 Å². The number of carbonyl (C=O) groups excluding carboxylic acids is 6. The minimum Gasteiger partial charge on any atom is -0.516 e. The smallest absolute Gasteiger partial charge is 0.507 e. The number of esters is 2. The lowest BCUT2D eigenvalue weighted by Crippen LogP contribution is -2.31. The summed E-state index contributed by atoms with van der Waals surface area (Å²) in [7, 11) is 9.06. The van der Waals surface area contributed by atoms with Crippen LogP contribution in [0.2, 0.25) is 0 Å². The molecule has 0 aromatic heterocycles. The number of hydrogen-bond acceptors (Lipinski definition) is 24.